The number of nitrogens with zero attached hydrogens (tertiary/aromatic N) is 1. The second-order valence-corrected chi connectivity index (χ2v) is 4.61. The summed E-state index contributed by atoms with van der Waals surface area (Å²) in [5, 5.41) is 0. The first-order valence-electron chi connectivity index (χ1n) is 5.20. The number of hydrogen-bond donors (Lipinski definition) is 0. The molecule has 1 aromatic rings. The van der Waals surface area contributed by atoms with Crippen molar-refractivity contribution in [2.45, 2.75) is 20.8 Å². The molecule has 0 saturated carbocycles. The van der Waals surface area contributed by atoms with Gasteiger partial charge >= 0.3 is 0 Å². The van der Waals surface area contributed by atoms with E-state index in [0.717, 1.165) is 18.0 Å². The molecule has 1 heterocycles. The predicted octanol–water partition coefficient (Wildman–Crippen LogP) is 2.94. The van der Waals surface area contributed by atoms with E-state index in [1.54, 1.807) is 22.3 Å². The van der Waals surface area contributed by atoms with Crippen LogP contribution >= 0.6 is 11.3 Å². The molecule has 0 atom stereocenters. The first-order valence-corrected chi connectivity index (χ1v) is 6.02. The van der Waals surface area contributed by atoms with Gasteiger partial charge in [-0.1, -0.05) is 0 Å². The summed E-state index contributed by atoms with van der Waals surface area (Å²) < 4.78 is 0. The molecule has 0 aliphatic rings. The zero-order valence-corrected chi connectivity index (χ0v) is 10.3. The van der Waals surface area contributed by atoms with Gasteiger partial charge in [0.1, 0.15) is 0 Å². The van der Waals surface area contributed by atoms with E-state index in [0.29, 0.717) is 0 Å². The van der Waals surface area contributed by atoms with Crippen molar-refractivity contribution in [3.63, 3.8) is 0 Å². The summed E-state index contributed by atoms with van der Waals surface area (Å²) in [5.74, 6) is 0.0889. The van der Waals surface area contributed by atoms with Gasteiger partial charge in [0.15, 0.2) is 0 Å². The minimum absolute atomic E-state index is 0.0889. The lowest BCUT2D eigenvalue weighted by Gasteiger charge is -2.15. The molecule has 3 heteroatoms. The van der Waals surface area contributed by atoms with Crippen molar-refractivity contribution in [1.82, 2.24) is 4.90 Å². The molecule has 15 heavy (non-hydrogen) atoms. The minimum atomic E-state index is 0.0889. The number of aryl methyl sites for hydroxylation is 1. The molecule has 82 valence electrons. The second-order valence-electron chi connectivity index (χ2n) is 3.29. The lowest BCUT2D eigenvalue weighted by molar-refractivity contribution is -0.125. The van der Waals surface area contributed by atoms with Crippen LogP contribution < -0.4 is 0 Å². The van der Waals surface area contributed by atoms with Crippen molar-refractivity contribution >= 4 is 23.3 Å². The molecular weight excluding hydrogens is 206 g/mol. The average molecular weight is 223 g/mol. The Balaban J connectivity index is 2.61. The molecule has 0 radical (unpaired) electrons. The summed E-state index contributed by atoms with van der Waals surface area (Å²) in [5.41, 5.74) is 0. The van der Waals surface area contributed by atoms with E-state index in [1.807, 2.05) is 26.0 Å². The quantitative estimate of drug-likeness (QED) is 0.719. The van der Waals surface area contributed by atoms with Crippen molar-refractivity contribution in [2.24, 2.45) is 0 Å². The van der Waals surface area contributed by atoms with Crippen LogP contribution in [0.4, 0.5) is 0 Å². The molecule has 0 fully saturated rings. The highest BCUT2D eigenvalue weighted by Crippen LogP contribution is 2.16. The van der Waals surface area contributed by atoms with Gasteiger partial charge in [0.25, 0.3) is 0 Å². The number of rotatable bonds is 4. The van der Waals surface area contributed by atoms with Crippen LogP contribution in [0.2, 0.25) is 0 Å². The normalized spacial score (nSPS) is 10.9. The first-order chi connectivity index (χ1) is 7.17. The molecule has 1 aromatic heterocycles. The fraction of sp³-hybridized carbons (Fsp3) is 0.417. The summed E-state index contributed by atoms with van der Waals surface area (Å²) in [7, 11) is 0. The van der Waals surface area contributed by atoms with Crippen molar-refractivity contribution in [3.8, 4) is 0 Å². The third kappa shape index (κ3) is 3.51. The van der Waals surface area contributed by atoms with Crippen LogP contribution in [-0.2, 0) is 4.79 Å². The van der Waals surface area contributed by atoms with E-state index in [1.165, 1.54) is 4.88 Å². The van der Waals surface area contributed by atoms with Gasteiger partial charge in [-0.25, -0.2) is 0 Å². The number of likely N-dealkylation sites (N-methyl/N-ethyl adjacent to an activating group) is 1. The lowest BCUT2D eigenvalue weighted by Crippen LogP contribution is -2.28. The predicted molar refractivity (Wildman–Crippen MR) is 66.0 cm³/mol. The van der Waals surface area contributed by atoms with Gasteiger partial charge in [-0.2, -0.15) is 0 Å². The van der Waals surface area contributed by atoms with E-state index in [9.17, 15) is 4.79 Å². The van der Waals surface area contributed by atoms with Crippen LogP contribution in [0.15, 0.2) is 18.2 Å². The Hall–Kier alpha value is -1.09. The van der Waals surface area contributed by atoms with Gasteiger partial charge in [-0.05, 0) is 39.0 Å². The monoisotopic (exact) mass is 223 g/mol. The molecule has 0 aromatic carbocycles. The van der Waals surface area contributed by atoms with Gasteiger partial charge in [0.05, 0.1) is 0 Å². The highest BCUT2D eigenvalue weighted by atomic mass is 32.1. The van der Waals surface area contributed by atoms with Crippen LogP contribution in [-0.4, -0.2) is 23.9 Å². The smallest absolute Gasteiger partial charge is 0.246 e. The van der Waals surface area contributed by atoms with Crippen LogP contribution in [0.25, 0.3) is 6.08 Å². The van der Waals surface area contributed by atoms with Gasteiger partial charge in [0, 0.05) is 28.9 Å². The summed E-state index contributed by atoms with van der Waals surface area (Å²) in [6.45, 7) is 7.58. The van der Waals surface area contributed by atoms with E-state index >= 15 is 0 Å². The summed E-state index contributed by atoms with van der Waals surface area (Å²) in [6.07, 6.45) is 3.54. The van der Waals surface area contributed by atoms with Crippen LogP contribution in [0.1, 0.15) is 23.6 Å². The summed E-state index contributed by atoms with van der Waals surface area (Å²) in [6, 6.07) is 4.10. The molecule has 0 spiro atoms. The van der Waals surface area contributed by atoms with Gasteiger partial charge < -0.3 is 4.90 Å². The topological polar surface area (TPSA) is 20.3 Å². The molecule has 0 unspecified atom stereocenters. The standard InChI is InChI=1S/C12H17NOS/c1-4-13(5-2)12(14)9-8-11-7-6-10(3)15-11/h6-9H,4-5H2,1-3H3/b9-8+. The zero-order valence-electron chi connectivity index (χ0n) is 9.49. The lowest BCUT2D eigenvalue weighted by atomic mass is 10.3. The van der Waals surface area contributed by atoms with Gasteiger partial charge in [0.2, 0.25) is 5.91 Å². The number of carbonyl (C=O) groups excluding carboxylic acids is 1. The number of amides is 1. The number of thiophene rings is 1. The Morgan fingerprint density at radius 3 is 2.53 bits per heavy atom. The largest absolute Gasteiger partial charge is 0.340 e. The van der Waals surface area contributed by atoms with E-state index in [4.69, 9.17) is 0 Å². The Labute approximate surface area is 95.2 Å². The van der Waals surface area contributed by atoms with Crippen LogP contribution in [0.3, 0.4) is 0 Å². The van der Waals surface area contributed by atoms with Crippen molar-refractivity contribution in [2.75, 3.05) is 13.1 Å². The molecule has 0 saturated heterocycles. The highest BCUT2D eigenvalue weighted by molar-refractivity contribution is 7.12. The van der Waals surface area contributed by atoms with E-state index < -0.39 is 0 Å². The van der Waals surface area contributed by atoms with Gasteiger partial charge in [-0.3, -0.25) is 4.79 Å². The molecule has 0 bridgehead atoms. The Kier molecular flexibility index (Phi) is 4.56. The molecule has 0 N–H and O–H groups in total. The van der Waals surface area contributed by atoms with Crippen LogP contribution in [0, 0.1) is 6.92 Å². The highest BCUT2D eigenvalue weighted by Gasteiger charge is 2.04. The van der Waals surface area contributed by atoms with Crippen molar-refractivity contribution < 1.29 is 4.79 Å². The van der Waals surface area contributed by atoms with E-state index in [-0.39, 0.29) is 5.91 Å². The third-order valence-corrected chi connectivity index (χ3v) is 3.19. The SMILES string of the molecule is CCN(CC)C(=O)/C=C/c1ccc(C)s1. The minimum Gasteiger partial charge on any atom is -0.340 e. The second kappa shape index (κ2) is 5.71. The average Bonchev–Trinajstić information content (AvgIpc) is 2.63. The Morgan fingerprint density at radius 1 is 1.40 bits per heavy atom. The molecule has 0 aliphatic carbocycles. The third-order valence-electron chi connectivity index (χ3n) is 2.23. The number of hydrogen-bond acceptors (Lipinski definition) is 2. The number of carbonyl (C=O) groups is 1. The van der Waals surface area contributed by atoms with Crippen LogP contribution in [0.5, 0.6) is 0 Å². The Bertz CT molecular complexity index is 350. The van der Waals surface area contributed by atoms with Gasteiger partial charge in [-0.15, -0.1) is 11.3 Å². The van der Waals surface area contributed by atoms with E-state index in [2.05, 4.69) is 13.0 Å². The van der Waals surface area contributed by atoms with Crippen molar-refractivity contribution in [3.05, 3.63) is 28.0 Å². The fourth-order valence-corrected chi connectivity index (χ4v) is 2.12. The maximum absolute atomic E-state index is 11.6. The zero-order chi connectivity index (χ0) is 11.3. The first kappa shape index (κ1) is 12.0. The maximum atomic E-state index is 11.6. The molecule has 1 amide bonds. The Morgan fingerprint density at radius 2 is 2.07 bits per heavy atom. The molecule has 1 rings (SSSR count). The van der Waals surface area contributed by atoms with Crippen molar-refractivity contribution in [1.29, 1.82) is 0 Å². The fourth-order valence-electron chi connectivity index (χ4n) is 1.34. The maximum Gasteiger partial charge on any atom is 0.246 e. The molecule has 0 aliphatic heterocycles. The molecule has 2 nitrogen and oxygen atoms in total. The summed E-state index contributed by atoms with van der Waals surface area (Å²) in [4.78, 5) is 15.8. The summed E-state index contributed by atoms with van der Waals surface area (Å²) >= 11 is 1.70. The molecular formula is C12H17NOS.